The molecule has 1 fully saturated rings. The van der Waals surface area contributed by atoms with Crippen molar-refractivity contribution in [3.8, 4) is 0 Å². The first-order valence-corrected chi connectivity index (χ1v) is 7.00. The zero-order valence-electron chi connectivity index (χ0n) is 8.75. The third kappa shape index (κ3) is 4.39. The summed E-state index contributed by atoms with van der Waals surface area (Å²) in [6.07, 6.45) is 3.60. The van der Waals surface area contributed by atoms with Gasteiger partial charge in [-0.15, -0.1) is 0 Å². The van der Waals surface area contributed by atoms with Crippen LogP contribution in [0, 0.1) is 0 Å². The SMILES string of the molecule is CCCS(=O)(=O)NC1CCCNCC1. The Morgan fingerprint density at radius 1 is 1.36 bits per heavy atom. The lowest BCUT2D eigenvalue weighted by Gasteiger charge is -2.15. The van der Waals surface area contributed by atoms with Crippen molar-refractivity contribution < 1.29 is 8.42 Å². The van der Waals surface area contributed by atoms with Gasteiger partial charge in [-0.2, -0.15) is 0 Å². The summed E-state index contributed by atoms with van der Waals surface area (Å²) in [5.74, 6) is 0.247. The molecule has 0 bridgehead atoms. The molecule has 0 aromatic rings. The van der Waals surface area contributed by atoms with E-state index < -0.39 is 10.0 Å². The van der Waals surface area contributed by atoms with Crippen molar-refractivity contribution in [2.24, 2.45) is 0 Å². The fourth-order valence-electron chi connectivity index (χ4n) is 1.72. The average Bonchev–Trinajstić information content (AvgIpc) is 2.31. The standard InChI is InChI=1S/C9H20N2O2S/c1-2-8-14(12,13)11-9-4-3-6-10-7-5-9/h9-11H,2-8H2,1H3. The zero-order chi connectivity index (χ0) is 10.4. The van der Waals surface area contributed by atoms with Gasteiger partial charge in [0.15, 0.2) is 0 Å². The molecule has 5 heteroatoms. The Labute approximate surface area is 86.5 Å². The Hall–Kier alpha value is -0.130. The van der Waals surface area contributed by atoms with E-state index in [-0.39, 0.29) is 11.8 Å². The first-order chi connectivity index (χ1) is 6.64. The van der Waals surface area contributed by atoms with E-state index in [2.05, 4.69) is 10.0 Å². The maximum atomic E-state index is 11.5. The van der Waals surface area contributed by atoms with E-state index in [4.69, 9.17) is 0 Å². The maximum Gasteiger partial charge on any atom is 0.211 e. The highest BCUT2D eigenvalue weighted by Gasteiger charge is 2.17. The van der Waals surface area contributed by atoms with E-state index >= 15 is 0 Å². The normalized spacial score (nSPS) is 24.5. The Balaban J connectivity index is 2.41. The van der Waals surface area contributed by atoms with Gasteiger partial charge in [0.05, 0.1) is 5.75 Å². The van der Waals surface area contributed by atoms with Gasteiger partial charge >= 0.3 is 0 Å². The van der Waals surface area contributed by atoms with Gasteiger partial charge in [0.1, 0.15) is 0 Å². The molecule has 1 aliphatic rings. The average molecular weight is 220 g/mol. The minimum atomic E-state index is -3.03. The Morgan fingerprint density at radius 3 is 2.86 bits per heavy atom. The number of sulfonamides is 1. The first kappa shape index (κ1) is 11.9. The van der Waals surface area contributed by atoms with Crippen LogP contribution in [0.2, 0.25) is 0 Å². The number of rotatable bonds is 4. The van der Waals surface area contributed by atoms with Crippen LogP contribution in [0.25, 0.3) is 0 Å². The van der Waals surface area contributed by atoms with Gasteiger partial charge in [0.25, 0.3) is 0 Å². The monoisotopic (exact) mass is 220 g/mol. The van der Waals surface area contributed by atoms with Crippen LogP contribution in [0.5, 0.6) is 0 Å². The quantitative estimate of drug-likeness (QED) is 0.723. The number of hydrogen-bond acceptors (Lipinski definition) is 3. The fourth-order valence-corrected chi connectivity index (χ4v) is 3.12. The van der Waals surface area contributed by atoms with Crippen molar-refractivity contribution in [1.82, 2.24) is 10.0 Å². The molecule has 2 N–H and O–H groups in total. The van der Waals surface area contributed by atoms with Crippen LogP contribution in [0.3, 0.4) is 0 Å². The second kappa shape index (κ2) is 5.68. The minimum absolute atomic E-state index is 0.140. The van der Waals surface area contributed by atoms with Crippen LogP contribution < -0.4 is 10.0 Å². The molecule has 1 unspecified atom stereocenters. The van der Waals surface area contributed by atoms with E-state index in [1.165, 1.54) is 0 Å². The van der Waals surface area contributed by atoms with Gasteiger partial charge in [0.2, 0.25) is 10.0 Å². The van der Waals surface area contributed by atoms with Gasteiger partial charge in [-0.3, -0.25) is 0 Å². The molecule has 0 aromatic heterocycles. The van der Waals surface area contributed by atoms with Gasteiger partial charge in [-0.05, 0) is 38.8 Å². The van der Waals surface area contributed by atoms with E-state index in [1.54, 1.807) is 0 Å². The minimum Gasteiger partial charge on any atom is -0.317 e. The first-order valence-electron chi connectivity index (χ1n) is 5.35. The van der Waals surface area contributed by atoms with Crippen LogP contribution in [-0.2, 0) is 10.0 Å². The van der Waals surface area contributed by atoms with Crippen molar-refractivity contribution >= 4 is 10.0 Å². The second-order valence-corrected chi connectivity index (χ2v) is 5.69. The highest BCUT2D eigenvalue weighted by molar-refractivity contribution is 7.89. The number of nitrogens with one attached hydrogen (secondary N) is 2. The fraction of sp³-hybridized carbons (Fsp3) is 1.00. The van der Waals surface area contributed by atoms with Gasteiger partial charge in [-0.25, -0.2) is 13.1 Å². The van der Waals surface area contributed by atoms with E-state index in [1.807, 2.05) is 6.92 Å². The summed E-state index contributed by atoms with van der Waals surface area (Å²) in [6.45, 7) is 3.80. The molecule has 1 rings (SSSR count). The van der Waals surface area contributed by atoms with E-state index in [0.717, 1.165) is 32.4 Å². The highest BCUT2D eigenvalue weighted by atomic mass is 32.2. The summed E-state index contributed by atoms with van der Waals surface area (Å²) in [5.41, 5.74) is 0. The van der Waals surface area contributed by atoms with Gasteiger partial charge in [0, 0.05) is 6.04 Å². The molecule has 1 heterocycles. The molecule has 84 valence electrons. The van der Waals surface area contributed by atoms with Gasteiger partial charge < -0.3 is 5.32 Å². The van der Waals surface area contributed by atoms with E-state index in [0.29, 0.717) is 6.42 Å². The van der Waals surface area contributed by atoms with Crippen molar-refractivity contribution in [2.45, 2.75) is 38.6 Å². The second-order valence-electron chi connectivity index (χ2n) is 3.81. The Morgan fingerprint density at radius 2 is 2.14 bits per heavy atom. The lowest BCUT2D eigenvalue weighted by atomic mass is 10.1. The van der Waals surface area contributed by atoms with Crippen LogP contribution in [0.4, 0.5) is 0 Å². The van der Waals surface area contributed by atoms with Crippen molar-refractivity contribution in [2.75, 3.05) is 18.8 Å². The Kier molecular flexibility index (Phi) is 4.84. The molecule has 0 radical (unpaired) electrons. The summed E-state index contributed by atoms with van der Waals surface area (Å²) < 4.78 is 25.7. The van der Waals surface area contributed by atoms with Crippen molar-refractivity contribution in [1.29, 1.82) is 0 Å². The lowest BCUT2D eigenvalue weighted by Crippen LogP contribution is -2.36. The molecule has 1 aliphatic heterocycles. The van der Waals surface area contributed by atoms with Crippen LogP contribution in [0.1, 0.15) is 32.6 Å². The maximum absolute atomic E-state index is 11.5. The predicted octanol–water partition coefficient (Wildman–Crippen LogP) is 0.458. The molecule has 4 nitrogen and oxygen atoms in total. The topological polar surface area (TPSA) is 58.2 Å². The smallest absolute Gasteiger partial charge is 0.211 e. The molecule has 1 atom stereocenters. The van der Waals surface area contributed by atoms with Crippen LogP contribution in [0.15, 0.2) is 0 Å². The zero-order valence-corrected chi connectivity index (χ0v) is 9.57. The highest BCUT2D eigenvalue weighted by Crippen LogP contribution is 2.06. The largest absolute Gasteiger partial charge is 0.317 e. The summed E-state index contributed by atoms with van der Waals surface area (Å²) in [5, 5.41) is 3.26. The summed E-state index contributed by atoms with van der Waals surface area (Å²) in [6, 6.07) is 0.140. The van der Waals surface area contributed by atoms with Gasteiger partial charge in [-0.1, -0.05) is 6.92 Å². The third-order valence-electron chi connectivity index (χ3n) is 2.39. The van der Waals surface area contributed by atoms with Crippen LogP contribution in [-0.4, -0.2) is 33.3 Å². The molecule has 0 amide bonds. The summed E-state index contributed by atoms with van der Waals surface area (Å²) in [7, 11) is -3.03. The molecule has 1 saturated heterocycles. The molecule has 0 aromatic carbocycles. The number of hydrogen-bond donors (Lipinski definition) is 2. The molecule has 0 saturated carbocycles. The van der Waals surface area contributed by atoms with Crippen LogP contribution >= 0.6 is 0 Å². The molecule has 14 heavy (non-hydrogen) atoms. The molecular formula is C9H20N2O2S. The summed E-state index contributed by atoms with van der Waals surface area (Å²) in [4.78, 5) is 0. The van der Waals surface area contributed by atoms with Crippen molar-refractivity contribution in [3.05, 3.63) is 0 Å². The van der Waals surface area contributed by atoms with E-state index in [9.17, 15) is 8.42 Å². The van der Waals surface area contributed by atoms with Crippen molar-refractivity contribution in [3.63, 3.8) is 0 Å². The molecular weight excluding hydrogens is 200 g/mol. The molecule has 0 aliphatic carbocycles. The molecule has 0 spiro atoms. The lowest BCUT2D eigenvalue weighted by molar-refractivity contribution is 0.517. The predicted molar refractivity (Wildman–Crippen MR) is 57.7 cm³/mol. The third-order valence-corrected chi connectivity index (χ3v) is 4.03. The Bertz CT molecular complexity index is 244. The summed E-state index contributed by atoms with van der Waals surface area (Å²) >= 11 is 0.